The number of nitrogens with zero attached hydrogens (tertiary/aromatic N) is 1. The maximum Gasteiger partial charge on any atom is 0.290 e. The van der Waals surface area contributed by atoms with Gasteiger partial charge in [-0.25, -0.2) is 0 Å². The largest absolute Gasteiger partial charge is 0.503 e. The maximum absolute atomic E-state index is 12.6. The molecule has 0 aliphatic carbocycles. The molecule has 2 aromatic rings. The summed E-state index contributed by atoms with van der Waals surface area (Å²) in [4.78, 5) is 26.2. The normalized spacial score (nSPS) is 17.3. The van der Waals surface area contributed by atoms with Crippen LogP contribution in [0.3, 0.4) is 0 Å². The highest BCUT2D eigenvalue weighted by atomic mass is 35.5. The first-order valence-corrected chi connectivity index (χ1v) is 8.42. The van der Waals surface area contributed by atoms with Crippen molar-refractivity contribution in [2.24, 2.45) is 0 Å². The van der Waals surface area contributed by atoms with E-state index in [-0.39, 0.29) is 11.4 Å². The third kappa shape index (κ3) is 3.30. The second kappa shape index (κ2) is 7.11. The zero-order valence-electron chi connectivity index (χ0n) is 13.8. The van der Waals surface area contributed by atoms with Crippen molar-refractivity contribution < 1.29 is 14.7 Å². The number of carbonyl (C=O) groups excluding carboxylic acids is 2. The van der Waals surface area contributed by atoms with Gasteiger partial charge in [-0.2, -0.15) is 0 Å². The number of carbonyl (C=O) groups is 2. The highest BCUT2D eigenvalue weighted by molar-refractivity contribution is 6.31. The Morgan fingerprint density at radius 2 is 1.76 bits per heavy atom. The monoisotopic (exact) mass is 355 g/mol. The van der Waals surface area contributed by atoms with Gasteiger partial charge in [0.15, 0.2) is 11.5 Å². The minimum Gasteiger partial charge on any atom is -0.503 e. The Morgan fingerprint density at radius 1 is 1.12 bits per heavy atom. The molecule has 1 amide bonds. The lowest BCUT2D eigenvalue weighted by Gasteiger charge is -2.27. The molecule has 1 aliphatic heterocycles. The number of aliphatic hydroxyl groups is 1. The van der Waals surface area contributed by atoms with Gasteiger partial charge < -0.3 is 10.0 Å². The molecule has 0 radical (unpaired) electrons. The van der Waals surface area contributed by atoms with Crippen molar-refractivity contribution in [1.29, 1.82) is 0 Å². The highest BCUT2D eigenvalue weighted by Gasteiger charge is 2.42. The number of Topliss-reactive ketones (excluding diaryl/α,β-unsaturated/α-hetero) is 1. The van der Waals surface area contributed by atoms with Crippen LogP contribution in [-0.4, -0.2) is 28.2 Å². The van der Waals surface area contributed by atoms with E-state index in [1.165, 1.54) is 11.8 Å². The number of ketones is 1. The molecule has 0 saturated carbocycles. The summed E-state index contributed by atoms with van der Waals surface area (Å²) in [5, 5.41) is 10.7. The van der Waals surface area contributed by atoms with Gasteiger partial charge in [-0.05, 0) is 30.5 Å². The van der Waals surface area contributed by atoms with E-state index < -0.39 is 17.7 Å². The molecule has 0 saturated heterocycles. The number of hydrogen-bond donors (Lipinski definition) is 1. The van der Waals surface area contributed by atoms with Crippen LogP contribution in [0.4, 0.5) is 0 Å². The maximum atomic E-state index is 12.6. The predicted molar refractivity (Wildman–Crippen MR) is 96.4 cm³/mol. The Balaban J connectivity index is 1.97. The number of rotatable bonds is 5. The van der Waals surface area contributed by atoms with Crippen LogP contribution in [0.2, 0.25) is 5.02 Å². The van der Waals surface area contributed by atoms with Crippen LogP contribution in [0, 0.1) is 0 Å². The van der Waals surface area contributed by atoms with E-state index in [0.717, 1.165) is 5.56 Å². The lowest BCUT2D eigenvalue weighted by Crippen LogP contribution is -2.33. The molecule has 0 fully saturated rings. The highest BCUT2D eigenvalue weighted by Crippen LogP contribution is 2.40. The number of hydrogen-bond acceptors (Lipinski definition) is 3. The summed E-state index contributed by atoms with van der Waals surface area (Å²) in [6.07, 6.45) is 0.617. The van der Waals surface area contributed by atoms with Crippen molar-refractivity contribution in [1.82, 2.24) is 4.90 Å². The fourth-order valence-electron chi connectivity index (χ4n) is 3.16. The number of halogens is 1. The molecule has 1 aliphatic rings. The average Bonchev–Trinajstić information content (AvgIpc) is 2.85. The fourth-order valence-corrected chi connectivity index (χ4v) is 3.40. The molecule has 1 heterocycles. The van der Waals surface area contributed by atoms with Crippen LogP contribution < -0.4 is 0 Å². The summed E-state index contributed by atoms with van der Waals surface area (Å²) in [5.41, 5.74) is 1.81. The van der Waals surface area contributed by atoms with Gasteiger partial charge in [0.2, 0.25) is 0 Å². The number of benzene rings is 2. The van der Waals surface area contributed by atoms with Crippen LogP contribution >= 0.6 is 11.6 Å². The van der Waals surface area contributed by atoms with E-state index in [1.54, 1.807) is 24.3 Å². The second-order valence-electron chi connectivity index (χ2n) is 5.98. The van der Waals surface area contributed by atoms with Gasteiger partial charge >= 0.3 is 0 Å². The molecule has 0 aromatic heterocycles. The van der Waals surface area contributed by atoms with Crippen molar-refractivity contribution in [3.05, 3.63) is 82.1 Å². The van der Waals surface area contributed by atoms with Crippen molar-refractivity contribution in [2.45, 2.75) is 19.4 Å². The van der Waals surface area contributed by atoms with E-state index in [0.29, 0.717) is 23.6 Å². The molecule has 3 rings (SSSR count). The Morgan fingerprint density at radius 3 is 2.40 bits per heavy atom. The van der Waals surface area contributed by atoms with Crippen LogP contribution in [0.5, 0.6) is 0 Å². The Bertz CT molecular complexity index is 845. The first-order valence-electron chi connectivity index (χ1n) is 8.04. The van der Waals surface area contributed by atoms with Crippen molar-refractivity contribution in [3.63, 3.8) is 0 Å². The van der Waals surface area contributed by atoms with Gasteiger partial charge in [0.05, 0.1) is 11.6 Å². The second-order valence-corrected chi connectivity index (χ2v) is 6.38. The summed E-state index contributed by atoms with van der Waals surface area (Å²) in [5.74, 6) is -1.35. The lowest BCUT2D eigenvalue weighted by molar-refractivity contribution is -0.129. The molecule has 0 bridgehead atoms. The summed E-state index contributed by atoms with van der Waals surface area (Å²) in [6, 6.07) is 16.2. The zero-order valence-corrected chi connectivity index (χ0v) is 14.5. The van der Waals surface area contributed by atoms with E-state index in [9.17, 15) is 14.7 Å². The van der Waals surface area contributed by atoms with Crippen LogP contribution in [0.1, 0.15) is 24.1 Å². The van der Waals surface area contributed by atoms with Gasteiger partial charge in [0.1, 0.15) is 0 Å². The van der Waals surface area contributed by atoms with Gasteiger partial charge in [-0.15, -0.1) is 0 Å². The first kappa shape index (κ1) is 17.2. The third-order valence-electron chi connectivity index (χ3n) is 4.37. The molecule has 1 atom stereocenters. The summed E-state index contributed by atoms with van der Waals surface area (Å²) < 4.78 is 0. The van der Waals surface area contributed by atoms with E-state index >= 15 is 0 Å². The smallest absolute Gasteiger partial charge is 0.290 e. The quantitative estimate of drug-likeness (QED) is 0.885. The minimum absolute atomic E-state index is 0.103. The molecule has 2 aromatic carbocycles. The Hall–Kier alpha value is -2.59. The Labute approximate surface area is 151 Å². The van der Waals surface area contributed by atoms with Crippen LogP contribution in [0.25, 0.3) is 0 Å². The lowest BCUT2D eigenvalue weighted by atomic mass is 9.96. The molecule has 5 heteroatoms. The Kier molecular flexibility index (Phi) is 4.91. The molecule has 25 heavy (non-hydrogen) atoms. The molecule has 1 unspecified atom stereocenters. The van der Waals surface area contributed by atoms with Crippen molar-refractivity contribution >= 4 is 23.3 Å². The topological polar surface area (TPSA) is 57.6 Å². The van der Waals surface area contributed by atoms with Crippen LogP contribution in [-0.2, 0) is 16.0 Å². The fraction of sp³-hybridized carbons (Fsp3) is 0.200. The molecular weight excluding hydrogens is 338 g/mol. The standard InChI is InChI=1S/C20H18ClNO3/c1-13(23)17-18(15-9-5-6-10-16(15)21)22(20(25)19(17)24)12-11-14-7-3-2-4-8-14/h2-10,18,24H,11-12H2,1H3. The first-order chi connectivity index (χ1) is 12.0. The molecule has 4 nitrogen and oxygen atoms in total. The summed E-state index contributed by atoms with van der Waals surface area (Å²) in [6.45, 7) is 1.73. The summed E-state index contributed by atoms with van der Waals surface area (Å²) in [7, 11) is 0. The number of aliphatic hydroxyl groups excluding tert-OH is 1. The van der Waals surface area contributed by atoms with Crippen molar-refractivity contribution in [2.75, 3.05) is 6.54 Å². The SMILES string of the molecule is CC(=O)C1=C(O)C(=O)N(CCc2ccccc2)C1c1ccccc1Cl. The van der Waals surface area contributed by atoms with Gasteiger partial charge in [0.25, 0.3) is 5.91 Å². The predicted octanol–water partition coefficient (Wildman–Crippen LogP) is 3.87. The zero-order chi connectivity index (χ0) is 18.0. The molecule has 1 N–H and O–H groups in total. The third-order valence-corrected chi connectivity index (χ3v) is 4.71. The molecular formula is C20H18ClNO3. The van der Waals surface area contributed by atoms with Gasteiger partial charge in [-0.3, -0.25) is 9.59 Å². The average molecular weight is 356 g/mol. The van der Waals surface area contributed by atoms with Crippen LogP contribution in [0.15, 0.2) is 65.9 Å². The van der Waals surface area contributed by atoms with E-state index in [4.69, 9.17) is 11.6 Å². The molecule has 0 spiro atoms. The molecule has 128 valence electrons. The van der Waals surface area contributed by atoms with Gasteiger partial charge in [-0.1, -0.05) is 60.1 Å². The summed E-state index contributed by atoms with van der Waals surface area (Å²) >= 11 is 6.30. The number of amides is 1. The van der Waals surface area contributed by atoms with E-state index in [2.05, 4.69) is 0 Å². The minimum atomic E-state index is -0.664. The van der Waals surface area contributed by atoms with Gasteiger partial charge in [0, 0.05) is 11.6 Å². The van der Waals surface area contributed by atoms with Crippen molar-refractivity contribution in [3.8, 4) is 0 Å². The van der Waals surface area contributed by atoms with E-state index in [1.807, 2.05) is 30.3 Å².